The largest absolute Gasteiger partial charge is 0.380 e. The predicted octanol–water partition coefficient (Wildman–Crippen LogP) is 5.36. The van der Waals surface area contributed by atoms with Crippen molar-refractivity contribution in [1.29, 1.82) is 0 Å². The molecule has 0 unspecified atom stereocenters. The molecule has 3 rings (SSSR count). The lowest BCUT2D eigenvalue weighted by atomic mass is 9.84. The molecule has 0 saturated carbocycles. The van der Waals surface area contributed by atoms with Crippen LogP contribution >= 0.6 is 0 Å². The molecular formula is C35H50O9. The fourth-order valence-electron chi connectivity index (χ4n) is 5.78. The van der Waals surface area contributed by atoms with Crippen molar-refractivity contribution >= 4 is 5.78 Å². The summed E-state index contributed by atoms with van der Waals surface area (Å²) in [7, 11) is 6.52. The van der Waals surface area contributed by atoms with Crippen LogP contribution in [0.25, 0.3) is 0 Å². The van der Waals surface area contributed by atoms with Crippen LogP contribution in [0.2, 0.25) is 0 Å². The van der Waals surface area contributed by atoms with Crippen LogP contribution in [0.4, 0.5) is 0 Å². The van der Waals surface area contributed by atoms with Crippen molar-refractivity contribution in [3.05, 3.63) is 83.9 Å². The van der Waals surface area contributed by atoms with E-state index in [0.717, 1.165) is 11.1 Å². The highest BCUT2D eigenvalue weighted by Crippen LogP contribution is 2.34. The zero-order chi connectivity index (χ0) is 31.9. The number of hydrogen-bond donors (Lipinski definition) is 0. The van der Waals surface area contributed by atoms with E-state index < -0.39 is 30.7 Å². The summed E-state index contributed by atoms with van der Waals surface area (Å²) in [5.41, 5.74) is 2.06. The van der Waals surface area contributed by atoms with Crippen molar-refractivity contribution in [1.82, 2.24) is 0 Å². The highest BCUT2D eigenvalue weighted by molar-refractivity contribution is 5.87. The molecule has 0 aliphatic carbocycles. The highest BCUT2D eigenvalue weighted by atomic mass is 16.7. The Morgan fingerprint density at radius 2 is 1.43 bits per heavy atom. The predicted molar refractivity (Wildman–Crippen MR) is 167 cm³/mol. The van der Waals surface area contributed by atoms with Crippen LogP contribution in [0.5, 0.6) is 0 Å². The van der Waals surface area contributed by atoms with Crippen LogP contribution in [-0.4, -0.2) is 83.9 Å². The molecule has 0 N–H and O–H groups in total. The van der Waals surface area contributed by atoms with Gasteiger partial charge in [0.25, 0.3) is 0 Å². The molecule has 244 valence electrons. The minimum atomic E-state index is -0.718. The molecule has 9 heteroatoms. The lowest BCUT2D eigenvalue weighted by Crippen LogP contribution is -2.61. The number of ketones is 1. The third-order valence-corrected chi connectivity index (χ3v) is 8.06. The van der Waals surface area contributed by atoms with E-state index in [4.69, 9.17) is 37.9 Å². The Morgan fingerprint density at radius 1 is 0.841 bits per heavy atom. The first kappa shape index (κ1) is 36.0. The maximum absolute atomic E-state index is 11.6. The second kappa shape index (κ2) is 19.1. The van der Waals surface area contributed by atoms with E-state index in [0.29, 0.717) is 19.6 Å². The van der Waals surface area contributed by atoms with Gasteiger partial charge < -0.3 is 37.9 Å². The minimum absolute atomic E-state index is 0.0127. The lowest BCUT2D eigenvalue weighted by molar-refractivity contribution is -0.318. The molecule has 44 heavy (non-hydrogen) atoms. The molecular weight excluding hydrogens is 564 g/mol. The molecule has 0 radical (unpaired) electrons. The van der Waals surface area contributed by atoms with Crippen LogP contribution in [0.1, 0.15) is 38.3 Å². The maximum Gasteiger partial charge on any atom is 0.186 e. The zero-order valence-corrected chi connectivity index (χ0v) is 27.1. The quantitative estimate of drug-likeness (QED) is 0.153. The van der Waals surface area contributed by atoms with Gasteiger partial charge in [0.1, 0.15) is 25.1 Å². The Bertz CT molecular complexity index is 1100. The molecule has 1 saturated heterocycles. The molecule has 1 fully saturated rings. The maximum atomic E-state index is 11.6. The van der Waals surface area contributed by atoms with Gasteiger partial charge in [0.05, 0.1) is 31.5 Å². The fourth-order valence-corrected chi connectivity index (χ4v) is 5.78. The SMILES string of the molecule is COCO[C@H](C[C@H]1O[C@H](OC)[C@H](OCc2ccccc2)[C@@H](OCc2ccccc2)[C@H]1OC)[C@H](C)[C@H](OC)[C@@H](C)/C=C/C(C)=O. The molecule has 0 amide bonds. The molecule has 1 aliphatic heterocycles. The Hall–Kier alpha value is -2.47. The summed E-state index contributed by atoms with van der Waals surface area (Å²) in [6, 6.07) is 19.9. The van der Waals surface area contributed by atoms with E-state index in [9.17, 15) is 4.79 Å². The van der Waals surface area contributed by atoms with E-state index in [1.807, 2.05) is 73.7 Å². The molecule has 0 aromatic heterocycles. The summed E-state index contributed by atoms with van der Waals surface area (Å²) in [5, 5.41) is 0. The topological polar surface area (TPSA) is 90.9 Å². The smallest absolute Gasteiger partial charge is 0.186 e. The summed E-state index contributed by atoms with van der Waals surface area (Å²) >= 11 is 0. The number of carbonyl (C=O) groups excluding carboxylic acids is 1. The van der Waals surface area contributed by atoms with Crippen LogP contribution in [-0.2, 0) is 55.9 Å². The molecule has 1 heterocycles. The monoisotopic (exact) mass is 614 g/mol. The van der Waals surface area contributed by atoms with E-state index in [1.165, 1.54) is 6.92 Å². The first-order valence-corrected chi connectivity index (χ1v) is 15.2. The van der Waals surface area contributed by atoms with Crippen molar-refractivity contribution in [3.8, 4) is 0 Å². The lowest BCUT2D eigenvalue weighted by Gasteiger charge is -2.46. The summed E-state index contributed by atoms with van der Waals surface area (Å²) < 4.78 is 49.0. The Balaban J connectivity index is 1.88. The van der Waals surface area contributed by atoms with Crippen molar-refractivity contribution in [2.45, 2.75) is 83.3 Å². The Labute approximate surface area is 262 Å². The van der Waals surface area contributed by atoms with Crippen LogP contribution in [0, 0.1) is 11.8 Å². The summed E-state index contributed by atoms with van der Waals surface area (Å²) in [6.07, 6.45) is 0.562. The van der Waals surface area contributed by atoms with Crippen molar-refractivity contribution < 1.29 is 42.7 Å². The van der Waals surface area contributed by atoms with Gasteiger partial charge >= 0.3 is 0 Å². The number of methoxy groups -OCH3 is 4. The summed E-state index contributed by atoms with van der Waals surface area (Å²) in [6.45, 7) is 6.45. The molecule has 2 aromatic carbocycles. The van der Waals surface area contributed by atoms with E-state index in [-0.39, 0.29) is 36.6 Å². The first-order chi connectivity index (χ1) is 21.3. The van der Waals surface area contributed by atoms with Crippen molar-refractivity contribution in [2.75, 3.05) is 35.2 Å². The average Bonchev–Trinajstić information content (AvgIpc) is 3.04. The second-order valence-electron chi connectivity index (χ2n) is 11.2. The van der Waals surface area contributed by atoms with Crippen LogP contribution in [0.3, 0.4) is 0 Å². The van der Waals surface area contributed by atoms with Gasteiger partial charge in [-0.2, -0.15) is 0 Å². The number of benzene rings is 2. The molecule has 0 bridgehead atoms. The third kappa shape index (κ3) is 10.6. The number of rotatable bonds is 19. The van der Waals surface area contributed by atoms with Gasteiger partial charge in [-0.15, -0.1) is 0 Å². The summed E-state index contributed by atoms with van der Waals surface area (Å²) in [5.74, 6) is -0.150. The minimum Gasteiger partial charge on any atom is -0.380 e. The highest BCUT2D eigenvalue weighted by Gasteiger charge is 2.49. The molecule has 9 nitrogen and oxygen atoms in total. The number of ether oxygens (including phenoxy) is 8. The zero-order valence-electron chi connectivity index (χ0n) is 27.1. The van der Waals surface area contributed by atoms with Gasteiger partial charge in [0, 0.05) is 46.7 Å². The van der Waals surface area contributed by atoms with E-state index in [1.54, 1.807) is 34.5 Å². The van der Waals surface area contributed by atoms with Crippen molar-refractivity contribution in [3.63, 3.8) is 0 Å². The van der Waals surface area contributed by atoms with Gasteiger partial charge in [0.15, 0.2) is 12.1 Å². The summed E-state index contributed by atoms with van der Waals surface area (Å²) in [4.78, 5) is 11.6. The van der Waals surface area contributed by atoms with Crippen molar-refractivity contribution in [2.24, 2.45) is 11.8 Å². The van der Waals surface area contributed by atoms with Gasteiger partial charge in [-0.25, -0.2) is 0 Å². The Morgan fingerprint density at radius 3 is 1.93 bits per heavy atom. The second-order valence-corrected chi connectivity index (χ2v) is 11.2. The van der Waals surface area contributed by atoms with E-state index in [2.05, 4.69) is 6.92 Å². The molecule has 2 aromatic rings. The standard InChI is InChI=1S/C35H50O9/c1-24(18-19-25(2)36)31(38-5)26(3)29(43-23-37-4)20-30-32(39-6)33(41-21-27-14-10-8-11-15-27)34(35(40-7)44-30)42-22-28-16-12-9-13-17-28/h8-19,24,26,29-35H,20-23H2,1-7H3/b19-18+/t24-,26-,29+,30+,31+,32-,33-,34+,35-/m0/s1. The average molecular weight is 615 g/mol. The van der Waals surface area contributed by atoms with Gasteiger partial charge in [-0.05, 0) is 24.1 Å². The Kier molecular flexibility index (Phi) is 15.7. The molecule has 1 aliphatic rings. The van der Waals surface area contributed by atoms with Crippen LogP contribution in [0.15, 0.2) is 72.8 Å². The molecule has 0 spiro atoms. The third-order valence-electron chi connectivity index (χ3n) is 8.06. The van der Waals surface area contributed by atoms with E-state index >= 15 is 0 Å². The van der Waals surface area contributed by atoms with Gasteiger partial charge in [-0.1, -0.05) is 80.6 Å². The fraction of sp³-hybridized carbons (Fsp3) is 0.571. The number of hydrogen-bond acceptors (Lipinski definition) is 9. The first-order valence-electron chi connectivity index (χ1n) is 15.2. The van der Waals surface area contributed by atoms with Gasteiger partial charge in [-0.3, -0.25) is 4.79 Å². The normalized spacial score (nSPS) is 25.0. The van der Waals surface area contributed by atoms with Crippen LogP contribution < -0.4 is 0 Å². The van der Waals surface area contributed by atoms with Gasteiger partial charge in [0.2, 0.25) is 0 Å². The number of carbonyl (C=O) groups is 1. The molecule has 9 atom stereocenters. The number of allylic oxidation sites excluding steroid dienone is 1.